The highest BCUT2D eigenvalue weighted by Crippen LogP contribution is 2.43. The van der Waals surface area contributed by atoms with E-state index in [1.165, 1.54) is 12.8 Å². The highest BCUT2D eigenvalue weighted by molar-refractivity contribution is 7.47. The monoisotopic (exact) mass is 796 g/mol. The number of carbonyl (C=O) groups is 2. The van der Waals surface area contributed by atoms with E-state index in [0.29, 0.717) is 32.1 Å². The summed E-state index contributed by atoms with van der Waals surface area (Å²) in [5.74, 6) is -1.02. The van der Waals surface area contributed by atoms with Gasteiger partial charge < -0.3 is 30.3 Å². The topological polar surface area (TPSA) is 175 Å². The molecule has 0 aromatic carbocycles. The van der Waals surface area contributed by atoms with E-state index in [2.05, 4.69) is 74.6 Å². The maximum absolute atomic E-state index is 12.6. The summed E-state index contributed by atoms with van der Waals surface area (Å²) < 4.78 is 32.6. The van der Waals surface area contributed by atoms with Crippen molar-refractivity contribution in [1.82, 2.24) is 0 Å². The third-order valence-corrected chi connectivity index (χ3v) is 9.26. The Morgan fingerprint density at radius 1 is 0.636 bits per heavy atom. The highest BCUT2D eigenvalue weighted by Gasteiger charge is 2.26. The minimum Gasteiger partial charge on any atom is -0.462 e. The molecule has 0 amide bonds. The minimum atomic E-state index is -4.43. The van der Waals surface area contributed by atoms with E-state index in [1.807, 2.05) is 12.2 Å². The van der Waals surface area contributed by atoms with Crippen LogP contribution in [0.15, 0.2) is 72.9 Å². The molecule has 0 spiro atoms. The molecule has 316 valence electrons. The third kappa shape index (κ3) is 36.7. The van der Waals surface area contributed by atoms with Crippen LogP contribution in [0.3, 0.4) is 0 Å². The molecule has 0 aromatic heterocycles. The Morgan fingerprint density at radius 3 is 1.84 bits per heavy atom. The molecular formula is C43H74NO10P. The molecule has 55 heavy (non-hydrogen) atoms. The summed E-state index contributed by atoms with van der Waals surface area (Å²) >= 11 is 0. The summed E-state index contributed by atoms with van der Waals surface area (Å²) in [6, 6.07) is 0. The van der Waals surface area contributed by atoms with Gasteiger partial charge in [-0.15, -0.1) is 0 Å². The lowest BCUT2D eigenvalue weighted by Crippen LogP contribution is -2.29. The molecule has 0 aliphatic heterocycles. The Bertz CT molecular complexity index is 1170. The van der Waals surface area contributed by atoms with Gasteiger partial charge in [0.05, 0.1) is 25.4 Å². The van der Waals surface area contributed by atoms with Crippen molar-refractivity contribution in [2.24, 2.45) is 5.73 Å². The molecule has 0 saturated carbocycles. The number of unbranched alkanes of at least 4 members (excludes halogenated alkanes) is 8. The molecule has 4 atom stereocenters. The predicted molar refractivity (Wildman–Crippen MR) is 222 cm³/mol. The molecular weight excluding hydrogens is 721 g/mol. The first-order chi connectivity index (χ1) is 26.6. The fourth-order valence-electron chi connectivity index (χ4n) is 5.10. The predicted octanol–water partition coefficient (Wildman–Crippen LogP) is 9.43. The van der Waals surface area contributed by atoms with Gasteiger partial charge >= 0.3 is 19.8 Å². The highest BCUT2D eigenvalue weighted by atomic mass is 31.2. The van der Waals surface area contributed by atoms with Gasteiger partial charge in [-0.25, -0.2) is 4.57 Å². The van der Waals surface area contributed by atoms with Gasteiger partial charge in [0.25, 0.3) is 0 Å². The first-order valence-corrected chi connectivity index (χ1v) is 22.1. The smallest absolute Gasteiger partial charge is 0.462 e. The van der Waals surface area contributed by atoms with Gasteiger partial charge in [-0.05, 0) is 77.0 Å². The molecule has 0 heterocycles. The van der Waals surface area contributed by atoms with E-state index in [-0.39, 0.29) is 32.6 Å². The second kappa shape index (κ2) is 38.3. The van der Waals surface area contributed by atoms with E-state index < -0.39 is 44.7 Å². The molecule has 0 aromatic rings. The van der Waals surface area contributed by atoms with E-state index in [9.17, 15) is 29.3 Å². The molecule has 5 N–H and O–H groups in total. The van der Waals surface area contributed by atoms with Crippen molar-refractivity contribution in [2.45, 2.75) is 161 Å². The molecule has 12 heteroatoms. The number of aliphatic hydroxyl groups excluding tert-OH is 2. The number of phosphoric ester groups is 1. The summed E-state index contributed by atoms with van der Waals surface area (Å²) in [4.78, 5) is 34.8. The van der Waals surface area contributed by atoms with Crippen LogP contribution in [0, 0.1) is 0 Å². The summed E-state index contributed by atoms with van der Waals surface area (Å²) in [5, 5.41) is 20.4. The zero-order chi connectivity index (χ0) is 40.7. The average molecular weight is 796 g/mol. The number of phosphoric acid groups is 1. The summed E-state index contributed by atoms with van der Waals surface area (Å²) in [5.41, 5.74) is 5.33. The van der Waals surface area contributed by atoms with Gasteiger partial charge in [0, 0.05) is 19.4 Å². The number of aliphatic hydroxyl groups is 2. The lowest BCUT2D eigenvalue weighted by atomic mass is 10.0. The van der Waals surface area contributed by atoms with Crippen LogP contribution in [-0.2, 0) is 32.7 Å². The van der Waals surface area contributed by atoms with Crippen LogP contribution in [-0.4, -0.2) is 71.7 Å². The van der Waals surface area contributed by atoms with E-state index >= 15 is 0 Å². The largest absolute Gasteiger partial charge is 0.472 e. The second-order valence-corrected chi connectivity index (χ2v) is 14.9. The molecule has 1 unspecified atom stereocenters. The number of carbonyl (C=O) groups excluding carboxylic acids is 2. The Morgan fingerprint density at radius 2 is 1.20 bits per heavy atom. The standard InChI is InChI=1S/C43H74NO10P/c1-3-5-7-9-11-12-13-14-15-16-17-18-19-20-21-25-29-33-42(47)51-37-39(38-53-55(49,50)52-36-35-44)54-43(48)34-30-26-22-24-28-32-41(46)40(45)31-27-23-10-8-6-4-2/h5,7,11-12,14-15,17-18,20-21,23,27,39-41,45-46H,3-4,6,8-10,13,16,19,22,24-26,28-38,44H2,1-2H3,(H,49,50)/b7-5-,12-11-,15-14-,18-17-,21-20-,27-23-/t39-,40+,41+/m1/s1. The SMILES string of the molecule is CC/C=C\C/C=C\C/C=C\C/C=C\C/C=C\CCCC(=O)OC[C@H](COP(=O)(O)OCCN)OC(=O)CCCCCCC[C@H](O)[C@@H](O)C/C=C\CCCCC. The minimum absolute atomic E-state index is 0.0168. The van der Waals surface area contributed by atoms with Gasteiger partial charge in [0.15, 0.2) is 6.10 Å². The van der Waals surface area contributed by atoms with Crippen LogP contribution >= 0.6 is 7.82 Å². The van der Waals surface area contributed by atoms with Gasteiger partial charge in [0.2, 0.25) is 0 Å². The Balaban J connectivity index is 4.42. The quantitative estimate of drug-likeness (QED) is 0.0204. The van der Waals surface area contributed by atoms with Crippen LogP contribution in [0.1, 0.15) is 142 Å². The first kappa shape index (κ1) is 52.4. The van der Waals surface area contributed by atoms with Crippen molar-refractivity contribution in [3.05, 3.63) is 72.9 Å². The average Bonchev–Trinajstić information content (AvgIpc) is 3.17. The van der Waals surface area contributed by atoms with Crippen molar-refractivity contribution in [2.75, 3.05) is 26.4 Å². The van der Waals surface area contributed by atoms with Crippen molar-refractivity contribution in [1.29, 1.82) is 0 Å². The molecule has 0 bridgehead atoms. The lowest BCUT2D eigenvalue weighted by molar-refractivity contribution is -0.161. The maximum atomic E-state index is 12.6. The van der Waals surface area contributed by atoms with Crippen molar-refractivity contribution in [3.8, 4) is 0 Å². The van der Waals surface area contributed by atoms with E-state index in [1.54, 1.807) is 0 Å². The van der Waals surface area contributed by atoms with Crippen LogP contribution in [0.5, 0.6) is 0 Å². The zero-order valence-electron chi connectivity index (χ0n) is 33.9. The van der Waals surface area contributed by atoms with Crippen LogP contribution in [0.2, 0.25) is 0 Å². The fraction of sp³-hybridized carbons (Fsp3) is 0.674. The number of esters is 2. The Labute approximate surface area is 332 Å². The fourth-order valence-corrected chi connectivity index (χ4v) is 5.87. The third-order valence-electron chi connectivity index (χ3n) is 8.28. The normalized spacial score (nSPS) is 15.2. The molecule has 0 aliphatic carbocycles. The molecule has 0 rings (SSSR count). The van der Waals surface area contributed by atoms with Crippen LogP contribution < -0.4 is 5.73 Å². The van der Waals surface area contributed by atoms with E-state index in [0.717, 1.165) is 70.6 Å². The summed E-state index contributed by atoms with van der Waals surface area (Å²) in [6.45, 7) is 3.29. The lowest BCUT2D eigenvalue weighted by Gasteiger charge is -2.19. The van der Waals surface area contributed by atoms with Gasteiger partial charge in [-0.1, -0.05) is 125 Å². The van der Waals surface area contributed by atoms with Gasteiger partial charge in [-0.3, -0.25) is 18.6 Å². The van der Waals surface area contributed by atoms with Crippen molar-refractivity contribution in [3.63, 3.8) is 0 Å². The maximum Gasteiger partial charge on any atom is 0.472 e. The number of hydrogen-bond acceptors (Lipinski definition) is 10. The number of hydrogen-bond donors (Lipinski definition) is 4. The van der Waals surface area contributed by atoms with E-state index in [4.69, 9.17) is 24.3 Å². The van der Waals surface area contributed by atoms with Gasteiger partial charge in [0.1, 0.15) is 6.61 Å². The molecule has 0 radical (unpaired) electrons. The number of rotatable bonds is 37. The first-order valence-electron chi connectivity index (χ1n) is 20.6. The molecule has 0 aliphatic rings. The number of nitrogens with two attached hydrogens (primary N) is 1. The Hall–Kier alpha value is -2.63. The summed E-state index contributed by atoms with van der Waals surface area (Å²) in [6.07, 6.45) is 38.2. The molecule has 0 fully saturated rings. The molecule has 11 nitrogen and oxygen atoms in total. The second-order valence-electron chi connectivity index (χ2n) is 13.4. The van der Waals surface area contributed by atoms with Crippen LogP contribution in [0.25, 0.3) is 0 Å². The zero-order valence-corrected chi connectivity index (χ0v) is 34.7. The summed E-state index contributed by atoms with van der Waals surface area (Å²) in [7, 11) is -4.43. The molecule has 0 saturated heterocycles. The van der Waals surface area contributed by atoms with Crippen molar-refractivity contribution >= 4 is 19.8 Å². The van der Waals surface area contributed by atoms with Crippen molar-refractivity contribution < 1.29 is 47.8 Å². The van der Waals surface area contributed by atoms with Crippen LogP contribution in [0.4, 0.5) is 0 Å². The number of allylic oxidation sites excluding steroid dienone is 11. The Kier molecular flexibility index (Phi) is 36.4. The number of ether oxygens (including phenoxy) is 2. The van der Waals surface area contributed by atoms with Gasteiger partial charge in [-0.2, -0.15) is 0 Å².